The molecule has 0 aromatic heterocycles. The maximum Gasteiger partial charge on any atom is 0.272 e. The number of amides is 1. The molecule has 0 aliphatic heterocycles. The highest BCUT2D eigenvalue weighted by atomic mass is 35.5. The summed E-state index contributed by atoms with van der Waals surface area (Å²) in [4.78, 5) is 12.1. The number of hydrazone groups is 1. The molecule has 4 nitrogen and oxygen atoms in total. The SMILES string of the molecule is O=C(N/N=C/c1cccc(OCc2ccccc2Cl)c1)c1ccc(Cl)cc1Cl. The largest absolute Gasteiger partial charge is 0.489 e. The molecule has 0 fully saturated rings. The highest BCUT2D eigenvalue weighted by Gasteiger charge is 2.09. The summed E-state index contributed by atoms with van der Waals surface area (Å²) in [5, 5.41) is 5.33. The Labute approximate surface area is 177 Å². The second-order valence-electron chi connectivity index (χ2n) is 5.78. The van der Waals surface area contributed by atoms with Crippen molar-refractivity contribution in [2.75, 3.05) is 0 Å². The number of carbonyl (C=O) groups is 1. The van der Waals surface area contributed by atoms with Crippen LogP contribution in [0.3, 0.4) is 0 Å². The lowest BCUT2D eigenvalue weighted by Gasteiger charge is -2.08. The van der Waals surface area contributed by atoms with Crippen LogP contribution in [0.4, 0.5) is 0 Å². The third-order valence-corrected chi connectivity index (χ3v) is 4.68. The van der Waals surface area contributed by atoms with Gasteiger partial charge in [-0.1, -0.05) is 65.1 Å². The molecule has 0 aliphatic rings. The Morgan fingerprint density at radius 3 is 2.57 bits per heavy atom. The molecular formula is C21H15Cl3N2O2. The third-order valence-electron chi connectivity index (χ3n) is 3.77. The average molecular weight is 434 g/mol. The molecule has 0 unspecified atom stereocenters. The van der Waals surface area contributed by atoms with Crippen LogP contribution >= 0.6 is 34.8 Å². The lowest BCUT2D eigenvalue weighted by Crippen LogP contribution is -2.18. The van der Waals surface area contributed by atoms with Crippen LogP contribution < -0.4 is 10.2 Å². The van der Waals surface area contributed by atoms with Gasteiger partial charge in [0.25, 0.3) is 5.91 Å². The highest BCUT2D eigenvalue weighted by Crippen LogP contribution is 2.21. The Morgan fingerprint density at radius 1 is 0.964 bits per heavy atom. The normalized spacial score (nSPS) is 10.8. The second-order valence-corrected chi connectivity index (χ2v) is 7.03. The van der Waals surface area contributed by atoms with Crippen molar-refractivity contribution in [3.8, 4) is 5.75 Å². The van der Waals surface area contributed by atoms with Crippen molar-refractivity contribution in [1.29, 1.82) is 0 Å². The first-order valence-electron chi connectivity index (χ1n) is 8.27. The zero-order valence-electron chi connectivity index (χ0n) is 14.5. The van der Waals surface area contributed by atoms with Crippen LogP contribution in [0.15, 0.2) is 71.8 Å². The van der Waals surface area contributed by atoms with Gasteiger partial charge >= 0.3 is 0 Å². The summed E-state index contributed by atoms with van der Waals surface area (Å²) in [6.07, 6.45) is 1.52. The molecule has 0 saturated heterocycles. The minimum Gasteiger partial charge on any atom is -0.489 e. The zero-order valence-corrected chi connectivity index (χ0v) is 16.8. The number of ether oxygens (including phenoxy) is 1. The molecule has 142 valence electrons. The molecule has 28 heavy (non-hydrogen) atoms. The molecule has 1 amide bonds. The first kappa shape index (κ1) is 20.2. The van der Waals surface area contributed by atoms with Crippen molar-refractivity contribution >= 4 is 46.9 Å². The van der Waals surface area contributed by atoms with Crippen LogP contribution in [-0.4, -0.2) is 12.1 Å². The van der Waals surface area contributed by atoms with Gasteiger partial charge in [-0.15, -0.1) is 0 Å². The number of hydrogen-bond donors (Lipinski definition) is 1. The fourth-order valence-electron chi connectivity index (χ4n) is 2.36. The number of halogens is 3. The van der Waals surface area contributed by atoms with Crippen LogP contribution in [0.2, 0.25) is 15.1 Å². The molecule has 7 heteroatoms. The smallest absolute Gasteiger partial charge is 0.272 e. The molecule has 0 radical (unpaired) electrons. The van der Waals surface area contributed by atoms with Gasteiger partial charge in [-0.05, 0) is 42.0 Å². The van der Waals surface area contributed by atoms with Gasteiger partial charge in [-0.25, -0.2) is 5.43 Å². The fraction of sp³-hybridized carbons (Fsp3) is 0.0476. The van der Waals surface area contributed by atoms with E-state index in [9.17, 15) is 4.79 Å². The lowest BCUT2D eigenvalue weighted by atomic mass is 10.2. The molecule has 0 saturated carbocycles. The number of nitrogens with one attached hydrogen (secondary N) is 1. The first-order chi connectivity index (χ1) is 13.5. The Balaban J connectivity index is 1.61. The van der Waals surface area contributed by atoms with E-state index in [0.29, 0.717) is 28.0 Å². The Morgan fingerprint density at radius 2 is 1.79 bits per heavy atom. The topological polar surface area (TPSA) is 50.7 Å². The predicted octanol–water partition coefficient (Wildman–Crippen LogP) is 5.99. The van der Waals surface area contributed by atoms with Crippen molar-refractivity contribution in [2.24, 2.45) is 5.10 Å². The Bertz CT molecular complexity index is 1020. The van der Waals surface area contributed by atoms with Crippen molar-refractivity contribution in [2.45, 2.75) is 6.61 Å². The van der Waals surface area contributed by atoms with Gasteiger partial charge in [0.1, 0.15) is 12.4 Å². The standard InChI is InChI=1S/C21H15Cl3N2O2/c22-16-8-9-18(20(24)11-16)21(27)26-25-12-14-4-3-6-17(10-14)28-13-15-5-1-2-7-19(15)23/h1-12H,13H2,(H,26,27)/b25-12+. The van der Waals surface area contributed by atoms with E-state index in [1.807, 2.05) is 48.5 Å². The monoisotopic (exact) mass is 432 g/mol. The van der Waals surface area contributed by atoms with Gasteiger partial charge in [-0.3, -0.25) is 4.79 Å². The summed E-state index contributed by atoms with van der Waals surface area (Å²) in [5.74, 6) is 0.236. The molecule has 3 rings (SSSR count). The average Bonchev–Trinajstić information content (AvgIpc) is 2.67. The lowest BCUT2D eigenvalue weighted by molar-refractivity contribution is 0.0955. The summed E-state index contributed by atoms with van der Waals surface area (Å²) in [6.45, 7) is 0.353. The van der Waals surface area contributed by atoms with E-state index in [-0.39, 0.29) is 5.02 Å². The summed E-state index contributed by atoms with van der Waals surface area (Å²) in [7, 11) is 0. The van der Waals surface area contributed by atoms with Crippen LogP contribution in [0, 0.1) is 0 Å². The summed E-state index contributed by atoms with van der Waals surface area (Å²) in [5.41, 5.74) is 4.39. The van der Waals surface area contributed by atoms with E-state index in [2.05, 4.69) is 10.5 Å². The van der Waals surface area contributed by atoms with E-state index in [0.717, 1.165) is 11.1 Å². The number of rotatable bonds is 6. The minimum atomic E-state index is -0.427. The quantitative estimate of drug-likeness (QED) is 0.383. The minimum absolute atomic E-state index is 0.259. The molecule has 3 aromatic carbocycles. The van der Waals surface area contributed by atoms with Gasteiger partial charge < -0.3 is 4.74 Å². The second kappa shape index (κ2) is 9.60. The molecule has 0 atom stereocenters. The number of hydrogen-bond acceptors (Lipinski definition) is 3. The first-order valence-corrected chi connectivity index (χ1v) is 9.41. The summed E-state index contributed by atoms with van der Waals surface area (Å²) < 4.78 is 5.77. The van der Waals surface area contributed by atoms with Crippen molar-refractivity contribution in [3.05, 3.63) is 98.5 Å². The number of carbonyl (C=O) groups excluding carboxylic acids is 1. The summed E-state index contributed by atoms with van der Waals surface area (Å²) in [6, 6.07) is 19.4. The highest BCUT2D eigenvalue weighted by molar-refractivity contribution is 6.36. The van der Waals surface area contributed by atoms with Crippen LogP contribution in [0.5, 0.6) is 5.75 Å². The summed E-state index contributed by atoms with van der Waals surface area (Å²) >= 11 is 18.0. The molecular weight excluding hydrogens is 419 g/mol. The van der Waals surface area contributed by atoms with Gasteiger partial charge in [0.05, 0.1) is 16.8 Å². The Hall–Kier alpha value is -2.53. The zero-order chi connectivity index (χ0) is 19.9. The van der Waals surface area contributed by atoms with E-state index in [1.54, 1.807) is 12.1 Å². The molecule has 0 heterocycles. The van der Waals surface area contributed by atoms with Crippen LogP contribution in [-0.2, 0) is 6.61 Å². The molecule has 0 spiro atoms. The fourth-order valence-corrected chi connectivity index (χ4v) is 3.05. The van der Waals surface area contributed by atoms with Crippen LogP contribution in [0.25, 0.3) is 0 Å². The van der Waals surface area contributed by atoms with Crippen molar-refractivity contribution in [1.82, 2.24) is 5.43 Å². The van der Waals surface area contributed by atoms with Gasteiger partial charge in [0.2, 0.25) is 0 Å². The third kappa shape index (κ3) is 5.49. The Kier molecular flexibility index (Phi) is 6.93. The van der Waals surface area contributed by atoms with Gasteiger partial charge in [-0.2, -0.15) is 5.10 Å². The molecule has 0 aliphatic carbocycles. The van der Waals surface area contributed by atoms with Crippen molar-refractivity contribution in [3.63, 3.8) is 0 Å². The van der Waals surface area contributed by atoms with E-state index < -0.39 is 5.91 Å². The van der Waals surface area contributed by atoms with Gasteiger partial charge in [0, 0.05) is 15.6 Å². The number of benzene rings is 3. The molecule has 0 bridgehead atoms. The molecule has 3 aromatic rings. The maximum absolute atomic E-state index is 12.1. The van der Waals surface area contributed by atoms with Crippen molar-refractivity contribution < 1.29 is 9.53 Å². The van der Waals surface area contributed by atoms with Gasteiger partial charge in [0.15, 0.2) is 0 Å². The van der Waals surface area contributed by atoms with Crippen LogP contribution in [0.1, 0.15) is 21.5 Å². The van der Waals surface area contributed by atoms with E-state index in [4.69, 9.17) is 39.5 Å². The van der Waals surface area contributed by atoms with E-state index >= 15 is 0 Å². The predicted molar refractivity (Wildman–Crippen MR) is 114 cm³/mol. The number of nitrogens with zero attached hydrogens (tertiary/aromatic N) is 1. The molecule has 1 N–H and O–H groups in total. The maximum atomic E-state index is 12.1. The van der Waals surface area contributed by atoms with E-state index in [1.165, 1.54) is 12.3 Å².